The molecule has 1 N–H and O–H groups in total. The van der Waals surface area contributed by atoms with Crippen LogP contribution in [0.3, 0.4) is 0 Å². The van der Waals surface area contributed by atoms with E-state index >= 15 is 0 Å². The highest BCUT2D eigenvalue weighted by molar-refractivity contribution is 5.60. The van der Waals surface area contributed by atoms with Crippen LogP contribution in [0.5, 0.6) is 0 Å². The molecular formula is C16H29N5. The second-order valence-corrected chi connectivity index (χ2v) is 6.55. The van der Waals surface area contributed by atoms with Crippen LogP contribution in [0.2, 0.25) is 0 Å². The Bertz CT molecular complexity index is 450. The smallest absolute Gasteiger partial charge is 0.137 e. The highest BCUT2D eigenvalue weighted by Gasteiger charge is 2.23. The number of nitrogens with zero attached hydrogens (tertiary/aromatic N) is 4. The lowest BCUT2D eigenvalue weighted by Crippen LogP contribution is -2.48. The van der Waals surface area contributed by atoms with Crippen LogP contribution in [-0.4, -0.2) is 54.6 Å². The lowest BCUT2D eigenvalue weighted by atomic mass is 10.0. The standard InChI is InChI=1S/C16H29N5/c1-12(2)10-20-6-8-21(9-7-20)16-14(13(3)4)15(17-5)18-11-19-16/h11-13H,6-10H2,1-5H3,(H,17,18,19). The molecule has 5 heteroatoms. The summed E-state index contributed by atoms with van der Waals surface area (Å²) in [5.41, 5.74) is 1.23. The summed E-state index contributed by atoms with van der Waals surface area (Å²) in [6.07, 6.45) is 1.67. The monoisotopic (exact) mass is 291 g/mol. The second-order valence-electron chi connectivity index (χ2n) is 6.55. The summed E-state index contributed by atoms with van der Waals surface area (Å²) >= 11 is 0. The molecular weight excluding hydrogens is 262 g/mol. The number of rotatable bonds is 5. The fraction of sp³-hybridized carbons (Fsp3) is 0.750. The van der Waals surface area contributed by atoms with Gasteiger partial charge in [0.1, 0.15) is 18.0 Å². The van der Waals surface area contributed by atoms with Crippen molar-refractivity contribution < 1.29 is 0 Å². The zero-order valence-corrected chi connectivity index (χ0v) is 14.1. The third-order valence-corrected chi connectivity index (χ3v) is 3.97. The molecule has 1 aliphatic rings. The van der Waals surface area contributed by atoms with Gasteiger partial charge in [-0.1, -0.05) is 27.7 Å². The molecule has 118 valence electrons. The van der Waals surface area contributed by atoms with Crippen molar-refractivity contribution in [3.63, 3.8) is 0 Å². The van der Waals surface area contributed by atoms with Gasteiger partial charge in [-0.05, 0) is 11.8 Å². The molecule has 0 atom stereocenters. The van der Waals surface area contributed by atoms with Crippen molar-refractivity contribution in [1.82, 2.24) is 14.9 Å². The molecule has 0 unspecified atom stereocenters. The quantitative estimate of drug-likeness (QED) is 0.902. The Balaban J connectivity index is 2.13. The van der Waals surface area contributed by atoms with E-state index in [0.29, 0.717) is 5.92 Å². The number of anilines is 2. The molecule has 21 heavy (non-hydrogen) atoms. The molecule has 1 aromatic heterocycles. The lowest BCUT2D eigenvalue weighted by molar-refractivity contribution is 0.230. The molecule has 2 rings (SSSR count). The normalized spacial score (nSPS) is 16.8. The van der Waals surface area contributed by atoms with Crippen LogP contribution in [0.4, 0.5) is 11.6 Å². The first-order chi connectivity index (χ1) is 10.0. The maximum atomic E-state index is 4.57. The Labute approximate surface area is 128 Å². The minimum absolute atomic E-state index is 0.414. The van der Waals surface area contributed by atoms with E-state index in [0.717, 1.165) is 43.7 Å². The average Bonchev–Trinajstić information content (AvgIpc) is 2.46. The van der Waals surface area contributed by atoms with Crippen LogP contribution in [0.25, 0.3) is 0 Å². The van der Waals surface area contributed by atoms with E-state index in [1.807, 2.05) is 7.05 Å². The lowest BCUT2D eigenvalue weighted by Gasteiger charge is -2.37. The van der Waals surface area contributed by atoms with E-state index in [-0.39, 0.29) is 0 Å². The first kappa shape index (κ1) is 16.0. The van der Waals surface area contributed by atoms with Crippen molar-refractivity contribution in [3.05, 3.63) is 11.9 Å². The number of hydrogen-bond donors (Lipinski definition) is 1. The Hall–Kier alpha value is -1.36. The molecule has 1 saturated heterocycles. The van der Waals surface area contributed by atoms with Gasteiger partial charge in [-0.2, -0.15) is 0 Å². The number of aromatic nitrogens is 2. The third kappa shape index (κ3) is 3.84. The van der Waals surface area contributed by atoms with Crippen molar-refractivity contribution in [2.24, 2.45) is 5.92 Å². The summed E-state index contributed by atoms with van der Waals surface area (Å²) in [7, 11) is 1.93. The van der Waals surface area contributed by atoms with Gasteiger partial charge < -0.3 is 10.2 Å². The van der Waals surface area contributed by atoms with Crippen LogP contribution in [0.15, 0.2) is 6.33 Å². The van der Waals surface area contributed by atoms with Gasteiger partial charge in [-0.15, -0.1) is 0 Å². The van der Waals surface area contributed by atoms with Gasteiger partial charge in [0.25, 0.3) is 0 Å². The molecule has 2 heterocycles. The van der Waals surface area contributed by atoms with E-state index < -0.39 is 0 Å². The molecule has 1 aliphatic heterocycles. The molecule has 1 aromatic rings. The molecule has 0 bridgehead atoms. The Morgan fingerprint density at radius 2 is 1.76 bits per heavy atom. The summed E-state index contributed by atoms with van der Waals surface area (Å²) in [4.78, 5) is 13.9. The van der Waals surface area contributed by atoms with Gasteiger partial charge in [-0.3, -0.25) is 4.90 Å². The molecule has 0 radical (unpaired) electrons. The van der Waals surface area contributed by atoms with E-state index in [1.54, 1.807) is 6.33 Å². The first-order valence-corrected chi connectivity index (χ1v) is 8.02. The van der Waals surface area contributed by atoms with Crippen molar-refractivity contribution in [2.45, 2.75) is 33.6 Å². The summed E-state index contributed by atoms with van der Waals surface area (Å²) in [6, 6.07) is 0. The van der Waals surface area contributed by atoms with Gasteiger partial charge in [0.2, 0.25) is 0 Å². The van der Waals surface area contributed by atoms with E-state index in [9.17, 15) is 0 Å². The van der Waals surface area contributed by atoms with Crippen molar-refractivity contribution in [1.29, 1.82) is 0 Å². The fourth-order valence-corrected chi connectivity index (χ4v) is 3.03. The summed E-state index contributed by atoms with van der Waals surface area (Å²) in [5, 5.41) is 3.20. The zero-order chi connectivity index (χ0) is 15.4. The molecule has 0 aromatic carbocycles. The highest BCUT2D eigenvalue weighted by Crippen LogP contribution is 2.31. The van der Waals surface area contributed by atoms with Crippen molar-refractivity contribution in [2.75, 3.05) is 50.0 Å². The predicted octanol–water partition coefficient (Wildman–Crippen LogP) is 2.42. The fourth-order valence-electron chi connectivity index (χ4n) is 3.03. The molecule has 1 fully saturated rings. The van der Waals surface area contributed by atoms with Crippen molar-refractivity contribution in [3.8, 4) is 0 Å². The van der Waals surface area contributed by atoms with Crippen LogP contribution < -0.4 is 10.2 Å². The molecule has 0 spiro atoms. The Morgan fingerprint density at radius 1 is 1.10 bits per heavy atom. The average molecular weight is 291 g/mol. The Morgan fingerprint density at radius 3 is 2.29 bits per heavy atom. The van der Waals surface area contributed by atoms with Crippen LogP contribution in [0, 0.1) is 5.92 Å². The van der Waals surface area contributed by atoms with E-state index in [1.165, 1.54) is 12.1 Å². The number of hydrogen-bond acceptors (Lipinski definition) is 5. The van der Waals surface area contributed by atoms with Crippen LogP contribution in [-0.2, 0) is 0 Å². The minimum Gasteiger partial charge on any atom is -0.373 e. The predicted molar refractivity (Wildman–Crippen MR) is 89.2 cm³/mol. The molecule has 0 amide bonds. The van der Waals surface area contributed by atoms with Crippen LogP contribution >= 0.6 is 0 Å². The first-order valence-electron chi connectivity index (χ1n) is 8.02. The van der Waals surface area contributed by atoms with E-state index in [4.69, 9.17) is 0 Å². The van der Waals surface area contributed by atoms with Gasteiger partial charge in [0, 0.05) is 45.3 Å². The summed E-state index contributed by atoms with van der Waals surface area (Å²) in [6.45, 7) is 14.5. The Kier molecular flexibility index (Phi) is 5.39. The minimum atomic E-state index is 0.414. The topological polar surface area (TPSA) is 44.3 Å². The largest absolute Gasteiger partial charge is 0.373 e. The molecule has 0 saturated carbocycles. The van der Waals surface area contributed by atoms with Gasteiger partial charge in [0.05, 0.1) is 0 Å². The molecule has 5 nitrogen and oxygen atoms in total. The third-order valence-electron chi connectivity index (χ3n) is 3.97. The van der Waals surface area contributed by atoms with Crippen molar-refractivity contribution >= 4 is 11.6 Å². The summed E-state index contributed by atoms with van der Waals surface area (Å²) in [5.74, 6) is 3.21. The molecule has 0 aliphatic carbocycles. The highest BCUT2D eigenvalue weighted by atomic mass is 15.3. The van der Waals surface area contributed by atoms with Crippen LogP contribution in [0.1, 0.15) is 39.2 Å². The SMILES string of the molecule is CNc1ncnc(N2CCN(CC(C)C)CC2)c1C(C)C. The number of piperazine rings is 1. The summed E-state index contributed by atoms with van der Waals surface area (Å²) < 4.78 is 0. The zero-order valence-electron chi connectivity index (χ0n) is 14.1. The van der Waals surface area contributed by atoms with Gasteiger partial charge in [0.15, 0.2) is 0 Å². The van der Waals surface area contributed by atoms with Gasteiger partial charge >= 0.3 is 0 Å². The maximum absolute atomic E-state index is 4.57. The second kappa shape index (κ2) is 7.07. The van der Waals surface area contributed by atoms with Gasteiger partial charge in [-0.25, -0.2) is 9.97 Å². The maximum Gasteiger partial charge on any atom is 0.137 e. The number of nitrogens with one attached hydrogen (secondary N) is 1. The van der Waals surface area contributed by atoms with E-state index in [2.05, 4.69) is 52.8 Å².